The van der Waals surface area contributed by atoms with E-state index in [1.807, 2.05) is 0 Å². The van der Waals surface area contributed by atoms with Crippen molar-refractivity contribution in [2.45, 2.75) is 6.92 Å². The van der Waals surface area contributed by atoms with Crippen LogP contribution in [0.5, 0.6) is 0 Å². The SMILES string of the molecule is Cc1ccn(-c2ccc(F)cc2)c(=O)c1C(=O)Nc1ccc(NC(=O)CN(C)C)cc1. The lowest BCUT2D eigenvalue weighted by Crippen LogP contribution is -2.29. The van der Waals surface area contributed by atoms with E-state index in [4.69, 9.17) is 0 Å². The zero-order valence-corrected chi connectivity index (χ0v) is 17.5. The Balaban J connectivity index is 1.79. The summed E-state index contributed by atoms with van der Waals surface area (Å²) in [6.45, 7) is 1.93. The number of rotatable bonds is 6. The molecule has 0 spiro atoms. The molecule has 2 amide bonds. The highest BCUT2D eigenvalue weighted by Gasteiger charge is 2.17. The summed E-state index contributed by atoms with van der Waals surface area (Å²) in [6, 6.07) is 13.7. The third kappa shape index (κ3) is 5.43. The second-order valence-corrected chi connectivity index (χ2v) is 7.34. The number of aromatic nitrogens is 1. The second kappa shape index (κ2) is 9.36. The highest BCUT2D eigenvalue weighted by atomic mass is 19.1. The maximum absolute atomic E-state index is 13.2. The van der Waals surface area contributed by atoms with Crippen molar-refractivity contribution < 1.29 is 14.0 Å². The van der Waals surface area contributed by atoms with Crippen molar-refractivity contribution in [2.24, 2.45) is 0 Å². The number of nitrogens with one attached hydrogen (secondary N) is 2. The van der Waals surface area contributed by atoms with Crippen LogP contribution in [0, 0.1) is 12.7 Å². The van der Waals surface area contributed by atoms with E-state index in [1.54, 1.807) is 62.4 Å². The topological polar surface area (TPSA) is 83.4 Å². The fourth-order valence-corrected chi connectivity index (χ4v) is 3.03. The molecule has 2 N–H and O–H groups in total. The molecule has 0 bridgehead atoms. The standard InChI is InChI=1S/C23H23FN4O3/c1-15-12-13-28(19-10-4-16(24)5-11-19)23(31)21(15)22(30)26-18-8-6-17(7-9-18)25-20(29)14-27(2)3/h4-13H,14H2,1-3H3,(H,25,29)(H,26,30). The van der Waals surface area contributed by atoms with Crippen LogP contribution in [0.25, 0.3) is 5.69 Å². The average Bonchev–Trinajstić information content (AvgIpc) is 2.70. The number of benzene rings is 2. The number of hydrogen-bond acceptors (Lipinski definition) is 4. The zero-order chi connectivity index (χ0) is 22.5. The Morgan fingerprint density at radius 2 is 1.52 bits per heavy atom. The summed E-state index contributed by atoms with van der Waals surface area (Å²) in [5.74, 6) is -1.12. The molecule has 3 aromatic rings. The molecular weight excluding hydrogens is 399 g/mol. The summed E-state index contributed by atoms with van der Waals surface area (Å²) in [7, 11) is 3.60. The van der Waals surface area contributed by atoms with Gasteiger partial charge in [-0.15, -0.1) is 0 Å². The predicted molar refractivity (Wildman–Crippen MR) is 118 cm³/mol. The third-order valence-electron chi connectivity index (χ3n) is 4.52. The fourth-order valence-electron chi connectivity index (χ4n) is 3.03. The molecule has 0 fully saturated rings. The van der Waals surface area contributed by atoms with Gasteiger partial charge in [0, 0.05) is 23.3 Å². The number of nitrogens with zero attached hydrogens (tertiary/aromatic N) is 2. The molecule has 0 atom stereocenters. The minimum absolute atomic E-state index is 0.00446. The molecule has 0 radical (unpaired) electrons. The molecule has 1 aromatic heterocycles. The van der Waals surface area contributed by atoms with Crippen LogP contribution < -0.4 is 16.2 Å². The van der Waals surface area contributed by atoms with E-state index in [-0.39, 0.29) is 18.0 Å². The number of hydrogen-bond donors (Lipinski definition) is 2. The van der Waals surface area contributed by atoms with Crippen molar-refractivity contribution in [3.63, 3.8) is 0 Å². The van der Waals surface area contributed by atoms with Gasteiger partial charge in [0.05, 0.1) is 6.54 Å². The fraction of sp³-hybridized carbons (Fsp3) is 0.174. The molecular formula is C23H23FN4O3. The number of amides is 2. The zero-order valence-electron chi connectivity index (χ0n) is 17.5. The van der Waals surface area contributed by atoms with Crippen LogP contribution in [-0.4, -0.2) is 41.9 Å². The van der Waals surface area contributed by atoms with Gasteiger partial charge in [0.1, 0.15) is 11.4 Å². The highest BCUT2D eigenvalue weighted by Crippen LogP contribution is 2.16. The van der Waals surface area contributed by atoms with Crippen molar-refractivity contribution in [1.29, 1.82) is 0 Å². The van der Waals surface area contributed by atoms with Gasteiger partial charge in [-0.2, -0.15) is 0 Å². The predicted octanol–water partition coefficient (Wildman–Crippen LogP) is 3.04. The molecule has 7 nitrogen and oxygen atoms in total. The Kier molecular flexibility index (Phi) is 6.61. The lowest BCUT2D eigenvalue weighted by molar-refractivity contribution is -0.116. The van der Waals surface area contributed by atoms with Crippen LogP contribution in [-0.2, 0) is 4.79 Å². The van der Waals surface area contributed by atoms with E-state index < -0.39 is 17.3 Å². The summed E-state index contributed by atoms with van der Waals surface area (Å²) in [5.41, 5.74) is 1.55. The third-order valence-corrected chi connectivity index (χ3v) is 4.52. The average molecular weight is 422 g/mol. The van der Waals surface area contributed by atoms with Gasteiger partial charge >= 0.3 is 0 Å². The number of pyridine rings is 1. The number of carbonyl (C=O) groups is 2. The lowest BCUT2D eigenvalue weighted by Gasteiger charge is -2.12. The number of aryl methyl sites for hydroxylation is 1. The summed E-state index contributed by atoms with van der Waals surface area (Å²) < 4.78 is 14.5. The maximum Gasteiger partial charge on any atom is 0.268 e. The Bertz CT molecular complexity index is 1150. The first-order chi connectivity index (χ1) is 14.7. The molecule has 2 aromatic carbocycles. The molecule has 1 heterocycles. The maximum atomic E-state index is 13.2. The van der Waals surface area contributed by atoms with Crippen molar-refractivity contribution in [3.8, 4) is 5.69 Å². The Morgan fingerprint density at radius 3 is 2.10 bits per heavy atom. The second-order valence-electron chi connectivity index (χ2n) is 7.34. The van der Waals surface area contributed by atoms with E-state index in [0.717, 1.165) is 0 Å². The first-order valence-corrected chi connectivity index (χ1v) is 9.59. The monoisotopic (exact) mass is 422 g/mol. The van der Waals surface area contributed by atoms with Crippen molar-refractivity contribution >= 4 is 23.2 Å². The first-order valence-electron chi connectivity index (χ1n) is 9.59. The molecule has 0 aliphatic rings. The minimum atomic E-state index is -0.552. The number of carbonyl (C=O) groups excluding carboxylic acids is 2. The summed E-state index contributed by atoms with van der Waals surface area (Å²) in [6.07, 6.45) is 1.55. The molecule has 0 aliphatic heterocycles. The Morgan fingerprint density at radius 1 is 0.935 bits per heavy atom. The number of likely N-dealkylation sites (N-methyl/N-ethyl adjacent to an activating group) is 1. The molecule has 0 saturated carbocycles. The van der Waals surface area contributed by atoms with Gasteiger partial charge in [-0.25, -0.2) is 4.39 Å². The normalized spacial score (nSPS) is 10.7. The van der Waals surface area contributed by atoms with Gasteiger partial charge in [-0.3, -0.25) is 19.0 Å². The summed E-state index contributed by atoms with van der Waals surface area (Å²) in [5, 5.41) is 5.47. The van der Waals surface area contributed by atoms with Crippen molar-refractivity contribution in [2.75, 3.05) is 31.3 Å². The van der Waals surface area contributed by atoms with Crippen LogP contribution in [0.2, 0.25) is 0 Å². The van der Waals surface area contributed by atoms with E-state index >= 15 is 0 Å². The van der Waals surface area contributed by atoms with E-state index in [2.05, 4.69) is 10.6 Å². The molecule has 0 saturated heterocycles. The van der Waals surface area contributed by atoms with E-state index in [0.29, 0.717) is 22.6 Å². The lowest BCUT2D eigenvalue weighted by atomic mass is 10.1. The van der Waals surface area contributed by atoms with Crippen molar-refractivity contribution in [1.82, 2.24) is 9.47 Å². The Labute approximate surface area is 179 Å². The molecule has 0 aliphatic carbocycles. The quantitative estimate of drug-likeness (QED) is 0.640. The molecule has 8 heteroatoms. The van der Waals surface area contributed by atoms with Crippen LogP contribution in [0.15, 0.2) is 65.6 Å². The largest absolute Gasteiger partial charge is 0.325 e. The smallest absolute Gasteiger partial charge is 0.268 e. The molecule has 160 valence electrons. The molecule has 0 unspecified atom stereocenters. The van der Waals surface area contributed by atoms with Crippen molar-refractivity contribution in [3.05, 3.63) is 88.1 Å². The van der Waals surface area contributed by atoms with E-state index in [9.17, 15) is 18.8 Å². The van der Waals surface area contributed by atoms with Gasteiger partial charge in [-0.1, -0.05) is 0 Å². The summed E-state index contributed by atoms with van der Waals surface area (Å²) in [4.78, 5) is 39.3. The van der Waals surface area contributed by atoms with Crippen LogP contribution in [0.4, 0.5) is 15.8 Å². The minimum Gasteiger partial charge on any atom is -0.325 e. The number of halogens is 1. The molecule has 3 rings (SSSR count). The van der Waals surface area contributed by atoms with Crippen LogP contribution in [0.3, 0.4) is 0 Å². The van der Waals surface area contributed by atoms with E-state index in [1.165, 1.54) is 28.8 Å². The first kappa shape index (κ1) is 21.9. The number of anilines is 2. The highest BCUT2D eigenvalue weighted by molar-refractivity contribution is 6.05. The van der Waals surface area contributed by atoms with Crippen LogP contribution >= 0.6 is 0 Å². The van der Waals surface area contributed by atoms with Gasteiger partial charge in [-0.05, 0) is 81.2 Å². The summed E-state index contributed by atoms with van der Waals surface area (Å²) >= 11 is 0. The van der Waals surface area contributed by atoms with Gasteiger partial charge < -0.3 is 15.5 Å². The van der Waals surface area contributed by atoms with Gasteiger partial charge in [0.25, 0.3) is 11.5 Å². The Hall–Kier alpha value is -3.78. The van der Waals surface area contributed by atoms with Crippen LogP contribution in [0.1, 0.15) is 15.9 Å². The van der Waals surface area contributed by atoms with Gasteiger partial charge in [0.15, 0.2) is 0 Å². The molecule has 31 heavy (non-hydrogen) atoms. The van der Waals surface area contributed by atoms with Gasteiger partial charge in [0.2, 0.25) is 5.91 Å².